The monoisotopic (exact) mass is 604 g/mol. The molecule has 0 aliphatic heterocycles. The minimum atomic E-state index is -0.105. The van der Waals surface area contributed by atoms with E-state index in [1.54, 1.807) is 31.1 Å². The van der Waals surface area contributed by atoms with Crippen LogP contribution >= 0.6 is 0 Å². The number of amidine groups is 1. The first kappa shape index (κ1) is 33.0. The normalized spacial score (nSPS) is 14.4. The first-order valence-corrected chi connectivity index (χ1v) is 15.3. The highest BCUT2D eigenvalue weighted by Gasteiger charge is 2.25. The van der Waals surface area contributed by atoms with Crippen LogP contribution in [0.1, 0.15) is 45.6 Å². The number of allylic oxidation sites excluding steroid dienone is 2. The van der Waals surface area contributed by atoms with Crippen LogP contribution in [0.2, 0.25) is 0 Å². The van der Waals surface area contributed by atoms with E-state index < -0.39 is 0 Å². The summed E-state index contributed by atoms with van der Waals surface area (Å²) in [5.74, 6) is 1.74. The molecular formula is C37H44N6O2. The van der Waals surface area contributed by atoms with Gasteiger partial charge in [-0.1, -0.05) is 42.8 Å². The molecule has 0 bridgehead atoms. The lowest BCUT2D eigenvalue weighted by atomic mass is 9.99. The van der Waals surface area contributed by atoms with Crippen molar-refractivity contribution in [1.29, 1.82) is 5.41 Å². The SMILES string of the molecule is CC/C(C)=C/N=C(Nc1cccc(N(C)C(=O)/C=C/CN(C)C2CC2)c1)/C(C(=N)c1ccc(Oc2ccccc2)cc1)=C(\C)N. The summed E-state index contributed by atoms with van der Waals surface area (Å²) in [7, 11) is 3.84. The number of para-hydroxylation sites is 1. The molecule has 3 aromatic carbocycles. The van der Waals surface area contributed by atoms with Crippen molar-refractivity contribution in [2.75, 3.05) is 30.9 Å². The lowest BCUT2D eigenvalue weighted by molar-refractivity contribution is -0.113. The molecule has 4 N–H and O–H groups in total. The molecule has 1 aliphatic rings. The van der Waals surface area contributed by atoms with Crippen LogP contribution < -0.4 is 20.7 Å². The number of nitrogens with zero attached hydrogens (tertiary/aromatic N) is 3. The number of likely N-dealkylation sites (N-methyl/N-ethyl adjacent to an activating group) is 2. The van der Waals surface area contributed by atoms with Crippen molar-refractivity contribution < 1.29 is 9.53 Å². The quantitative estimate of drug-likeness (QED) is 0.106. The summed E-state index contributed by atoms with van der Waals surface area (Å²) >= 11 is 0. The average molecular weight is 605 g/mol. The van der Waals surface area contributed by atoms with Crippen molar-refractivity contribution in [3.8, 4) is 11.5 Å². The second kappa shape index (κ2) is 15.7. The van der Waals surface area contributed by atoms with Crippen LogP contribution in [0.3, 0.4) is 0 Å². The Morgan fingerprint density at radius 1 is 1.02 bits per heavy atom. The molecule has 0 spiro atoms. The molecule has 0 unspecified atom stereocenters. The Labute approximate surface area is 267 Å². The Kier molecular flexibility index (Phi) is 11.5. The van der Waals surface area contributed by atoms with Gasteiger partial charge >= 0.3 is 0 Å². The van der Waals surface area contributed by atoms with Gasteiger partial charge in [0.15, 0.2) is 0 Å². The van der Waals surface area contributed by atoms with E-state index in [2.05, 4.69) is 24.2 Å². The molecule has 1 fully saturated rings. The Hall–Kier alpha value is -4.95. The fourth-order valence-electron chi connectivity index (χ4n) is 4.54. The van der Waals surface area contributed by atoms with E-state index in [0.29, 0.717) is 40.1 Å². The predicted octanol–water partition coefficient (Wildman–Crippen LogP) is 7.52. The minimum absolute atomic E-state index is 0.105. The van der Waals surface area contributed by atoms with Crippen molar-refractivity contribution in [2.45, 2.75) is 46.1 Å². The van der Waals surface area contributed by atoms with Gasteiger partial charge in [0.25, 0.3) is 0 Å². The number of nitrogens with two attached hydrogens (primary N) is 1. The topological polar surface area (TPSA) is 107 Å². The van der Waals surface area contributed by atoms with Crippen LogP contribution in [0.25, 0.3) is 0 Å². The van der Waals surface area contributed by atoms with Gasteiger partial charge in [0.2, 0.25) is 5.91 Å². The number of hydrogen-bond acceptors (Lipinski definition) is 6. The van der Waals surface area contributed by atoms with Crippen molar-refractivity contribution >= 4 is 28.8 Å². The van der Waals surface area contributed by atoms with Gasteiger partial charge in [-0.25, -0.2) is 4.99 Å². The zero-order valence-corrected chi connectivity index (χ0v) is 26.9. The van der Waals surface area contributed by atoms with E-state index in [0.717, 1.165) is 30.0 Å². The highest BCUT2D eigenvalue weighted by molar-refractivity contribution is 6.32. The Morgan fingerprint density at radius 2 is 1.71 bits per heavy atom. The minimum Gasteiger partial charge on any atom is -0.457 e. The molecular weight excluding hydrogens is 560 g/mol. The third-order valence-corrected chi connectivity index (χ3v) is 7.63. The number of carbonyl (C=O) groups is 1. The summed E-state index contributed by atoms with van der Waals surface area (Å²) in [4.78, 5) is 21.6. The van der Waals surface area contributed by atoms with Crippen LogP contribution in [-0.4, -0.2) is 49.0 Å². The summed E-state index contributed by atoms with van der Waals surface area (Å²) < 4.78 is 5.93. The Morgan fingerprint density at radius 3 is 2.36 bits per heavy atom. The summed E-state index contributed by atoms with van der Waals surface area (Å²) in [5, 5.41) is 12.5. The van der Waals surface area contributed by atoms with Gasteiger partial charge in [0.05, 0.1) is 11.3 Å². The van der Waals surface area contributed by atoms with E-state index in [1.807, 2.05) is 91.9 Å². The second-order valence-electron chi connectivity index (χ2n) is 11.3. The van der Waals surface area contributed by atoms with E-state index in [-0.39, 0.29) is 11.6 Å². The van der Waals surface area contributed by atoms with E-state index in [9.17, 15) is 4.79 Å². The first-order valence-electron chi connectivity index (χ1n) is 15.3. The molecule has 0 aromatic heterocycles. The van der Waals surface area contributed by atoms with Crippen LogP contribution in [-0.2, 0) is 4.79 Å². The van der Waals surface area contributed by atoms with Gasteiger partial charge in [0.1, 0.15) is 17.3 Å². The van der Waals surface area contributed by atoms with Crippen molar-refractivity contribution in [3.05, 3.63) is 120 Å². The number of aliphatic imine (C=N–C) groups is 1. The maximum absolute atomic E-state index is 12.9. The highest BCUT2D eigenvalue weighted by atomic mass is 16.5. The summed E-state index contributed by atoms with van der Waals surface area (Å²) in [5.41, 5.74) is 10.7. The number of amides is 1. The van der Waals surface area contributed by atoms with Crippen LogP contribution in [0, 0.1) is 5.41 Å². The molecule has 8 nitrogen and oxygen atoms in total. The number of anilines is 2. The first-order chi connectivity index (χ1) is 21.7. The van der Waals surface area contributed by atoms with E-state index in [1.165, 1.54) is 12.8 Å². The van der Waals surface area contributed by atoms with Gasteiger partial charge in [-0.3, -0.25) is 15.1 Å². The highest BCUT2D eigenvalue weighted by Crippen LogP contribution is 2.26. The molecule has 0 saturated heterocycles. The summed E-state index contributed by atoms with van der Waals surface area (Å²) in [6.45, 7) is 6.59. The molecule has 0 radical (unpaired) electrons. The molecule has 0 atom stereocenters. The van der Waals surface area contributed by atoms with Gasteiger partial charge < -0.3 is 20.7 Å². The number of carbonyl (C=O) groups excluding carboxylic acids is 1. The van der Waals surface area contributed by atoms with E-state index in [4.69, 9.17) is 20.9 Å². The third-order valence-electron chi connectivity index (χ3n) is 7.63. The third kappa shape index (κ3) is 9.52. The molecule has 1 amide bonds. The molecule has 234 valence electrons. The Balaban J connectivity index is 1.55. The molecule has 8 heteroatoms. The molecule has 1 aliphatic carbocycles. The molecule has 3 aromatic rings. The van der Waals surface area contributed by atoms with Gasteiger partial charge in [-0.2, -0.15) is 0 Å². The molecule has 0 heterocycles. The number of benzene rings is 3. The molecule has 1 saturated carbocycles. The number of ether oxygens (including phenoxy) is 1. The van der Waals surface area contributed by atoms with Crippen molar-refractivity contribution in [2.24, 2.45) is 10.7 Å². The number of hydrogen-bond donors (Lipinski definition) is 3. The fourth-order valence-corrected chi connectivity index (χ4v) is 4.54. The van der Waals surface area contributed by atoms with Crippen LogP contribution in [0.5, 0.6) is 11.5 Å². The van der Waals surface area contributed by atoms with E-state index >= 15 is 0 Å². The van der Waals surface area contributed by atoms with Crippen LogP contribution in [0.15, 0.2) is 119 Å². The number of rotatable bonds is 13. The van der Waals surface area contributed by atoms with Crippen molar-refractivity contribution in [3.63, 3.8) is 0 Å². The lowest BCUT2D eigenvalue weighted by Gasteiger charge is -2.19. The Bertz CT molecular complexity index is 1600. The maximum Gasteiger partial charge on any atom is 0.250 e. The van der Waals surface area contributed by atoms with Crippen LogP contribution in [0.4, 0.5) is 11.4 Å². The summed E-state index contributed by atoms with van der Waals surface area (Å²) in [6, 6.07) is 25.1. The maximum atomic E-state index is 12.9. The van der Waals surface area contributed by atoms with Gasteiger partial charge in [-0.05, 0) is 94.8 Å². The zero-order valence-electron chi connectivity index (χ0n) is 26.9. The smallest absolute Gasteiger partial charge is 0.250 e. The summed E-state index contributed by atoms with van der Waals surface area (Å²) in [6.07, 6.45) is 8.63. The van der Waals surface area contributed by atoms with Gasteiger partial charge in [-0.15, -0.1) is 0 Å². The molecule has 45 heavy (non-hydrogen) atoms. The second-order valence-corrected chi connectivity index (χ2v) is 11.3. The van der Waals surface area contributed by atoms with Gasteiger partial charge in [0, 0.05) is 54.5 Å². The lowest BCUT2D eigenvalue weighted by Crippen LogP contribution is -2.26. The largest absolute Gasteiger partial charge is 0.457 e. The number of nitrogens with one attached hydrogen (secondary N) is 2. The standard InChI is InChI=1S/C37H44N6O2/c1-6-26(2)25-40-37(35(27(3)38)36(39)28-17-21-33(22-18-28)45-32-14-8-7-9-15-32)41-29-12-10-13-31(24-29)43(5)34(44)16-11-23-42(4)30-19-20-30/h7-18,21-22,24-25,30,39H,6,19-20,23,38H2,1-5H3,(H,40,41)/b16-11+,26-25+,35-27+,39-36?. The average Bonchev–Trinajstić information content (AvgIpc) is 3.90. The molecule has 4 rings (SSSR count). The predicted molar refractivity (Wildman–Crippen MR) is 186 cm³/mol. The van der Waals surface area contributed by atoms with Crippen molar-refractivity contribution in [1.82, 2.24) is 4.90 Å². The fraction of sp³-hybridized carbons (Fsp3) is 0.270. The zero-order chi connectivity index (χ0) is 32.3.